The van der Waals surface area contributed by atoms with Gasteiger partial charge in [-0.3, -0.25) is 9.59 Å². The van der Waals surface area contributed by atoms with E-state index in [1.807, 2.05) is 0 Å². The molecule has 4 heteroatoms. The van der Waals surface area contributed by atoms with Gasteiger partial charge in [0.05, 0.1) is 7.11 Å². The number of ether oxygens (including phenoxy) is 1. The molecule has 0 heterocycles. The standard InChI is InChI=1S/C12H20O4/c1-3-8-4-6-9(7-5-8)10(11(13)14)12(15)16-2/h8-10H,3-7H2,1-2H3,(H,13,14). The Hall–Kier alpha value is -1.06. The van der Waals surface area contributed by atoms with Gasteiger partial charge in [0.2, 0.25) is 0 Å². The average molecular weight is 228 g/mol. The molecular formula is C12H20O4. The number of carboxylic acid groups (broad SMARTS) is 1. The third-order valence-electron chi connectivity index (χ3n) is 3.66. The van der Waals surface area contributed by atoms with Gasteiger partial charge in [-0.25, -0.2) is 0 Å². The first-order valence-corrected chi connectivity index (χ1v) is 5.90. The Labute approximate surface area is 96.0 Å². The van der Waals surface area contributed by atoms with Crippen LogP contribution >= 0.6 is 0 Å². The fourth-order valence-corrected chi connectivity index (χ4v) is 2.55. The van der Waals surface area contributed by atoms with Crippen molar-refractivity contribution in [2.45, 2.75) is 39.0 Å². The minimum atomic E-state index is -1.05. The zero-order valence-electron chi connectivity index (χ0n) is 9.94. The smallest absolute Gasteiger partial charge is 0.320 e. The highest BCUT2D eigenvalue weighted by atomic mass is 16.5. The second-order valence-corrected chi connectivity index (χ2v) is 4.53. The predicted molar refractivity (Wildman–Crippen MR) is 58.9 cm³/mol. The van der Waals surface area contributed by atoms with Crippen molar-refractivity contribution in [3.63, 3.8) is 0 Å². The van der Waals surface area contributed by atoms with Gasteiger partial charge in [0.15, 0.2) is 5.92 Å². The molecule has 16 heavy (non-hydrogen) atoms. The van der Waals surface area contributed by atoms with Gasteiger partial charge in [-0.2, -0.15) is 0 Å². The van der Waals surface area contributed by atoms with E-state index in [9.17, 15) is 9.59 Å². The van der Waals surface area contributed by atoms with E-state index in [1.165, 1.54) is 7.11 Å². The number of hydrogen-bond acceptors (Lipinski definition) is 3. The molecule has 0 bridgehead atoms. The summed E-state index contributed by atoms with van der Waals surface area (Å²) in [5.41, 5.74) is 0. The van der Waals surface area contributed by atoms with Crippen LogP contribution in [0, 0.1) is 17.8 Å². The molecule has 1 fully saturated rings. The van der Waals surface area contributed by atoms with Crippen LogP contribution in [-0.4, -0.2) is 24.2 Å². The SMILES string of the molecule is CCC1CCC(C(C(=O)O)C(=O)OC)CC1. The van der Waals surface area contributed by atoms with Crippen LogP contribution in [0.5, 0.6) is 0 Å². The Balaban J connectivity index is 2.60. The molecule has 0 aromatic carbocycles. The fraction of sp³-hybridized carbons (Fsp3) is 0.833. The zero-order valence-corrected chi connectivity index (χ0v) is 9.94. The number of carboxylic acids is 1. The Morgan fingerprint density at radius 1 is 1.31 bits per heavy atom. The molecule has 0 radical (unpaired) electrons. The number of rotatable bonds is 4. The second kappa shape index (κ2) is 5.87. The van der Waals surface area contributed by atoms with Crippen molar-refractivity contribution in [3.05, 3.63) is 0 Å². The monoisotopic (exact) mass is 228 g/mol. The summed E-state index contributed by atoms with van der Waals surface area (Å²) < 4.78 is 4.56. The van der Waals surface area contributed by atoms with Crippen LogP contribution in [0.2, 0.25) is 0 Å². The average Bonchev–Trinajstić information content (AvgIpc) is 2.29. The molecule has 4 nitrogen and oxygen atoms in total. The number of carbonyl (C=O) groups excluding carboxylic acids is 1. The summed E-state index contributed by atoms with van der Waals surface area (Å²) >= 11 is 0. The lowest BCUT2D eigenvalue weighted by Gasteiger charge is -2.30. The summed E-state index contributed by atoms with van der Waals surface area (Å²) in [6.07, 6.45) is 4.85. The van der Waals surface area contributed by atoms with Crippen LogP contribution in [0.1, 0.15) is 39.0 Å². The lowest BCUT2D eigenvalue weighted by molar-refractivity contribution is -0.160. The highest BCUT2D eigenvalue weighted by molar-refractivity contribution is 5.94. The van der Waals surface area contributed by atoms with E-state index in [2.05, 4.69) is 11.7 Å². The summed E-state index contributed by atoms with van der Waals surface area (Å²) in [4.78, 5) is 22.5. The number of aliphatic carboxylic acids is 1. The van der Waals surface area contributed by atoms with Crippen molar-refractivity contribution in [2.75, 3.05) is 7.11 Å². The lowest BCUT2D eigenvalue weighted by Crippen LogP contribution is -2.34. The largest absolute Gasteiger partial charge is 0.481 e. The molecule has 1 aliphatic rings. The number of esters is 1. The van der Waals surface area contributed by atoms with Crippen LogP contribution in [0.4, 0.5) is 0 Å². The van der Waals surface area contributed by atoms with Crippen LogP contribution in [0.15, 0.2) is 0 Å². The van der Waals surface area contributed by atoms with E-state index in [0.29, 0.717) is 5.92 Å². The van der Waals surface area contributed by atoms with Gasteiger partial charge in [-0.1, -0.05) is 26.2 Å². The maximum absolute atomic E-state index is 11.4. The maximum atomic E-state index is 11.4. The molecule has 0 saturated heterocycles. The Bertz CT molecular complexity index is 254. The zero-order chi connectivity index (χ0) is 12.1. The molecule has 1 saturated carbocycles. The third kappa shape index (κ3) is 2.97. The second-order valence-electron chi connectivity index (χ2n) is 4.53. The van der Waals surface area contributed by atoms with Crippen LogP contribution < -0.4 is 0 Å². The van der Waals surface area contributed by atoms with E-state index < -0.39 is 17.9 Å². The lowest BCUT2D eigenvalue weighted by atomic mass is 9.75. The third-order valence-corrected chi connectivity index (χ3v) is 3.66. The molecular weight excluding hydrogens is 208 g/mol. The Morgan fingerprint density at radius 3 is 2.25 bits per heavy atom. The van der Waals surface area contributed by atoms with Gasteiger partial charge >= 0.3 is 11.9 Å². The van der Waals surface area contributed by atoms with E-state index >= 15 is 0 Å². The predicted octanol–water partition coefficient (Wildman–Crippen LogP) is 2.08. The Morgan fingerprint density at radius 2 is 1.88 bits per heavy atom. The van der Waals surface area contributed by atoms with Crippen molar-refractivity contribution in [2.24, 2.45) is 17.8 Å². The van der Waals surface area contributed by atoms with Gasteiger partial charge in [-0.05, 0) is 24.7 Å². The molecule has 92 valence electrons. The minimum Gasteiger partial charge on any atom is -0.481 e. The molecule has 0 spiro atoms. The first kappa shape index (κ1) is 13.0. The van der Waals surface area contributed by atoms with Gasteiger partial charge in [0, 0.05) is 0 Å². The highest BCUT2D eigenvalue weighted by Gasteiger charge is 2.37. The molecule has 1 rings (SSSR count). The first-order chi connectivity index (χ1) is 7.60. The van der Waals surface area contributed by atoms with Gasteiger partial charge in [0.25, 0.3) is 0 Å². The maximum Gasteiger partial charge on any atom is 0.320 e. The van der Waals surface area contributed by atoms with Gasteiger partial charge in [-0.15, -0.1) is 0 Å². The highest BCUT2D eigenvalue weighted by Crippen LogP contribution is 2.35. The number of carbonyl (C=O) groups is 2. The van der Waals surface area contributed by atoms with E-state index in [1.54, 1.807) is 0 Å². The molecule has 0 amide bonds. The summed E-state index contributed by atoms with van der Waals surface area (Å²) in [5.74, 6) is -1.97. The summed E-state index contributed by atoms with van der Waals surface area (Å²) in [6, 6.07) is 0. The van der Waals surface area contributed by atoms with Gasteiger partial charge < -0.3 is 9.84 Å². The Kier molecular flexibility index (Phi) is 4.77. The quantitative estimate of drug-likeness (QED) is 0.591. The molecule has 1 aliphatic carbocycles. The summed E-state index contributed by atoms with van der Waals surface area (Å²) in [5, 5.41) is 9.05. The fourth-order valence-electron chi connectivity index (χ4n) is 2.55. The molecule has 0 aliphatic heterocycles. The minimum absolute atomic E-state index is 0.0484. The normalized spacial score (nSPS) is 27.1. The van der Waals surface area contributed by atoms with Crippen molar-refractivity contribution in [3.8, 4) is 0 Å². The van der Waals surface area contributed by atoms with Crippen molar-refractivity contribution in [1.29, 1.82) is 0 Å². The van der Waals surface area contributed by atoms with E-state index in [0.717, 1.165) is 32.1 Å². The van der Waals surface area contributed by atoms with Crippen LogP contribution in [-0.2, 0) is 14.3 Å². The summed E-state index contributed by atoms with van der Waals surface area (Å²) in [6.45, 7) is 2.15. The molecule has 0 aromatic rings. The van der Waals surface area contributed by atoms with Crippen molar-refractivity contribution in [1.82, 2.24) is 0 Å². The van der Waals surface area contributed by atoms with Crippen molar-refractivity contribution >= 4 is 11.9 Å². The number of hydrogen-bond donors (Lipinski definition) is 1. The van der Waals surface area contributed by atoms with Gasteiger partial charge in [0.1, 0.15) is 0 Å². The molecule has 1 N–H and O–H groups in total. The van der Waals surface area contributed by atoms with Crippen molar-refractivity contribution < 1.29 is 19.4 Å². The molecule has 1 atom stereocenters. The number of methoxy groups -OCH3 is 1. The molecule has 0 aromatic heterocycles. The first-order valence-electron chi connectivity index (χ1n) is 5.90. The van der Waals surface area contributed by atoms with Crippen LogP contribution in [0.25, 0.3) is 0 Å². The van der Waals surface area contributed by atoms with E-state index in [4.69, 9.17) is 5.11 Å². The molecule has 1 unspecified atom stereocenters. The topological polar surface area (TPSA) is 63.6 Å². The summed E-state index contributed by atoms with van der Waals surface area (Å²) in [7, 11) is 1.25. The van der Waals surface area contributed by atoms with E-state index in [-0.39, 0.29) is 5.92 Å². The van der Waals surface area contributed by atoms with Crippen LogP contribution in [0.3, 0.4) is 0 Å².